The molecule has 6 heteroatoms. The molecule has 1 aliphatic heterocycles. The van der Waals surface area contributed by atoms with Crippen LogP contribution in [0, 0.1) is 11.3 Å². The number of imide groups is 1. The number of likely N-dealkylation sites (tertiary alicyclic amines) is 1. The Labute approximate surface area is 104 Å². The molecule has 0 unspecified atom stereocenters. The van der Waals surface area contributed by atoms with Crippen LogP contribution < -0.4 is 5.32 Å². The van der Waals surface area contributed by atoms with E-state index in [2.05, 4.69) is 10.3 Å². The molecule has 18 heavy (non-hydrogen) atoms. The topological polar surface area (TPSA) is 86.1 Å². The molecule has 0 aromatic carbocycles. The van der Waals surface area contributed by atoms with Gasteiger partial charge in [0.15, 0.2) is 0 Å². The van der Waals surface area contributed by atoms with E-state index >= 15 is 0 Å². The Balaban J connectivity index is 1.87. The highest BCUT2D eigenvalue weighted by Gasteiger charge is 2.27. The lowest BCUT2D eigenvalue weighted by Crippen LogP contribution is -2.33. The van der Waals surface area contributed by atoms with Gasteiger partial charge >= 0.3 is 0 Å². The van der Waals surface area contributed by atoms with Gasteiger partial charge in [0.05, 0.1) is 0 Å². The molecule has 0 bridgehead atoms. The molecule has 2 rings (SSSR count). The number of anilines is 1. The van der Waals surface area contributed by atoms with E-state index in [0.717, 1.165) is 0 Å². The zero-order chi connectivity index (χ0) is 13.0. The van der Waals surface area contributed by atoms with Gasteiger partial charge < -0.3 is 5.32 Å². The number of carbonyl (C=O) groups excluding carboxylic acids is 2. The van der Waals surface area contributed by atoms with Crippen molar-refractivity contribution >= 4 is 17.6 Å². The van der Waals surface area contributed by atoms with E-state index in [-0.39, 0.29) is 11.8 Å². The highest BCUT2D eigenvalue weighted by atomic mass is 16.2. The lowest BCUT2D eigenvalue weighted by molar-refractivity contribution is -0.138. The van der Waals surface area contributed by atoms with Crippen molar-refractivity contribution in [1.29, 1.82) is 5.26 Å². The second-order valence-corrected chi connectivity index (χ2v) is 3.89. The number of amides is 2. The maximum atomic E-state index is 11.3. The minimum absolute atomic E-state index is 0.125. The van der Waals surface area contributed by atoms with Crippen LogP contribution in [0.1, 0.15) is 18.5 Å². The van der Waals surface area contributed by atoms with Crippen LogP contribution in [0.4, 0.5) is 5.82 Å². The first-order valence-electron chi connectivity index (χ1n) is 5.65. The molecular formula is C12H12N4O2. The first kappa shape index (κ1) is 12.0. The van der Waals surface area contributed by atoms with Gasteiger partial charge in [-0.15, -0.1) is 0 Å². The van der Waals surface area contributed by atoms with E-state index in [1.807, 2.05) is 6.07 Å². The van der Waals surface area contributed by atoms with Crippen LogP contribution in [0.2, 0.25) is 0 Å². The van der Waals surface area contributed by atoms with E-state index < -0.39 is 0 Å². The summed E-state index contributed by atoms with van der Waals surface area (Å²) < 4.78 is 0. The third-order valence-electron chi connectivity index (χ3n) is 2.66. The maximum absolute atomic E-state index is 11.3. The van der Waals surface area contributed by atoms with Gasteiger partial charge in [-0.1, -0.05) is 6.07 Å². The van der Waals surface area contributed by atoms with Crippen molar-refractivity contribution in [2.24, 2.45) is 0 Å². The van der Waals surface area contributed by atoms with Crippen LogP contribution in [0.25, 0.3) is 0 Å². The van der Waals surface area contributed by atoms with Gasteiger partial charge in [0, 0.05) is 25.9 Å². The highest BCUT2D eigenvalue weighted by Crippen LogP contribution is 2.11. The molecule has 0 spiro atoms. The molecule has 2 heterocycles. The summed E-state index contributed by atoms with van der Waals surface area (Å²) in [4.78, 5) is 28.0. The van der Waals surface area contributed by atoms with Crippen molar-refractivity contribution in [1.82, 2.24) is 9.88 Å². The van der Waals surface area contributed by atoms with E-state index in [4.69, 9.17) is 5.26 Å². The van der Waals surface area contributed by atoms with Crippen LogP contribution in [-0.4, -0.2) is 34.8 Å². The van der Waals surface area contributed by atoms with Crippen molar-refractivity contribution in [3.05, 3.63) is 23.9 Å². The average Bonchev–Trinajstić information content (AvgIpc) is 2.70. The second kappa shape index (κ2) is 5.27. The van der Waals surface area contributed by atoms with E-state index in [0.29, 0.717) is 37.4 Å². The molecule has 1 saturated heterocycles. The summed E-state index contributed by atoms with van der Waals surface area (Å²) in [5.41, 5.74) is 0.327. The minimum Gasteiger partial charge on any atom is -0.368 e. The molecule has 2 amide bonds. The molecule has 1 N–H and O–H groups in total. The number of carbonyl (C=O) groups is 2. The molecule has 1 aliphatic rings. The zero-order valence-corrected chi connectivity index (χ0v) is 9.72. The molecule has 0 radical (unpaired) electrons. The molecule has 1 aromatic rings. The predicted molar refractivity (Wildman–Crippen MR) is 63.4 cm³/mol. The van der Waals surface area contributed by atoms with Gasteiger partial charge in [-0.3, -0.25) is 14.5 Å². The first-order chi connectivity index (χ1) is 8.70. The number of nitrogens with one attached hydrogen (secondary N) is 1. The van der Waals surface area contributed by atoms with Crippen LogP contribution in [0.3, 0.4) is 0 Å². The summed E-state index contributed by atoms with van der Waals surface area (Å²) in [6, 6.07) is 7.01. The van der Waals surface area contributed by atoms with Gasteiger partial charge in [-0.25, -0.2) is 4.98 Å². The van der Waals surface area contributed by atoms with Crippen molar-refractivity contribution in [2.75, 3.05) is 18.4 Å². The molecule has 6 nitrogen and oxygen atoms in total. The van der Waals surface area contributed by atoms with Crippen LogP contribution >= 0.6 is 0 Å². The summed E-state index contributed by atoms with van der Waals surface area (Å²) in [6.45, 7) is 0.759. The molecule has 1 fully saturated rings. The Morgan fingerprint density at radius 3 is 2.72 bits per heavy atom. The van der Waals surface area contributed by atoms with Gasteiger partial charge in [-0.2, -0.15) is 5.26 Å². The van der Waals surface area contributed by atoms with E-state index in [9.17, 15) is 9.59 Å². The Hall–Kier alpha value is -2.42. The standard InChI is InChI=1S/C12H12N4O2/c13-8-9-2-1-3-10(15-9)14-6-7-16-11(17)4-5-12(16)18/h1-3H,4-7H2,(H,14,15). The molecule has 0 atom stereocenters. The van der Waals surface area contributed by atoms with Crippen molar-refractivity contribution in [3.63, 3.8) is 0 Å². The van der Waals surface area contributed by atoms with Gasteiger partial charge in [-0.05, 0) is 12.1 Å². The first-order valence-corrected chi connectivity index (χ1v) is 5.65. The number of pyridine rings is 1. The fraction of sp³-hybridized carbons (Fsp3) is 0.333. The Morgan fingerprint density at radius 2 is 2.06 bits per heavy atom. The quantitative estimate of drug-likeness (QED) is 0.780. The number of hydrogen-bond acceptors (Lipinski definition) is 5. The summed E-state index contributed by atoms with van der Waals surface area (Å²) in [5.74, 6) is 0.314. The molecular weight excluding hydrogens is 232 g/mol. The van der Waals surface area contributed by atoms with Crippen molar-refractivity contribution in [3.8, 4) is 6.07 Å². The smallest absolute Gasteiger partial charge is 0.229 e. The Bertz CT molecular complexity index is 505. The molecule has 0 aliphatic carbocycles. The minimum atomic E-state index is -0.125. The fourth-order valence-corrected chi connectivity index (χ4v) is 1.76. The summed E-state index contributed by atoms with van der Waals surface area (Å²) >= 11 is 0. The Morgan fingerprint density at radius 1 is 1.33 bits per heavy atom. The lowest BCUT2D eigenvalue weighted by atomic mass is 10.3. The number of aromatic nitrogens is 1. The third-order valence-corrected chi connectivity index (χ3v) is 2.66. The predicted octanol–water partition coefficient (Wildman–Crippen LogP) is 0.514. The number of hydrogen-bond donors (Lipinski definition) is 1. The normalized spacial score (nSPS) is 14.7. The number of rotatable bonds is 4. The summed E-state index contributed by atoms with van der Waals surface area (Å²) in [6.07, 6.45) is 0.613. The summed E-state index contributed by atoms with van der Waals surface area (Å²) in [7, 11) is 0. The summed E-state index contributed by atoms with van der Waals surface area (Å²) in [5, 5.41) is 11.7. The maximum Gasteiger partial charge on any atom is 0.229 e. The fourth-order valence-electron chi connectivity index (χ4n) is 1.76. The monoisotopic (exact) mass is 244 g/mol. The number of nitriles is 1. The lowest BCUT2D eigenvalue weighted by Gasteiger charge is -2.14. The van der Waals surface area contributed by atoms with Crippen LogP contribution in [0.15, 0.2) is 18.2 Å². The molecule has 0 saturated carbocycles. The number of nitrogens with zero attached hydrogens (tertiary/aromatic N) is 3. The molecule has 1 aromatic heterocycles. The van der Waals surface area contributed by atoms with Gasteiger partial charge in [0.1, 0.15) is 17.6 Å². The van der Waals surface area contributed by atoms with E-state index in [1.54, 1.807) is 18.2 Å². The van der Waals surface area contributed by atoms with Gasteiger partial charge in [0.2, 0.25) is 11.8 Å². The Kier molecular flexibility index (Phi) is 3.53. The average molecular weight is 244 g/mol. The van der Waals surface area contributed by atoms with Gasteiger partial charge in [0.25, 0.3) is 0 Å². The molecule has 92 valence electrons. The van der Waals surface area contributed by atoms with Crippen molar-refractivity contribution in [2.45, 2.75) is 12.8 Å². The van der Waals surface area contributed by atoms with E-state index in [1.165, 1.54) is 4.90 Å². The van der Waals surface area contributed by atoms with Crippen LogP contribution in [-0.2, 0) is 9.59 Å². The second-order valence-electron chi connectivity index (χ2n) is 3.89. The van der Waals surface area contributed by atoms with Crippen LogP contribution in [0.5, 0.6) is 0 Å². The largest absolute Gasteiger partial charge is 0.368 e. The highest BCUT2D eigenvalue weighted by molar-refractivity contribution is 6.01. The SMILES string of the molecule is N#Cc1cccc(NCCN2C(=O)CCC2=O)n1. The zero-order valence-electron chi connectivity index (χ0n) is 9.72. The van der Waals surface area contributed by atoms with Crippen molar-refractivity contribution < 1.29 is 9.59 Å². The third kappa shape index (κ3) is 2.63.